The maximum atomic E-state index is 12.7. The van der Waals surface area contributed by atoms with Gasteiger partial charge in [0.15, 0.2) is 0 Å². The van der Waals surface area contributed by atoms with E-state index in [0.717, 1.165) is 11.1 Å². The first-order valence-electron chi connectivity index (χ1n) is 9.28. The molecule has 0 saturated carbocycles. The number of amides is 2. The third-order valence-electron chi connectivity index (χ3n) is 5.81. The molecule has 29 heavy (non-hydrogen) atoms. The van der Waals surface area contributed by atoms with Crippen molar-refractivity contribution in [1.82, 2.24) is 25.0 Å². The van der Waals surface area contributed by atoms with Crippen LogP contribution in [0.4, 0.5) is 13.2 Å². The van der Waals surface area contributed by atoms with Gasteiger partial charge in [0.2, 0.25) is 17.6 Å². The molecule has 2 saturated heterocycles. The number of fused-ring (bicyclic) bond motifs is 1. The Bertz CT molecular complexity index is 957. The van der Waals surface area contributed by atoms with Gasteiger partial charge < -0.3 is 9.80 Å². The second-order valence-electron chi connectivity index (χ2n) is 7.61. The lowest BCUT2D eigenvalue weighted by Crippen LogP contribution is -2.37. The van der Waals surface area contributed by atoms with Gasteiger partial charge in [-0.3, -0.25) is 14.7 Å². The minimum atomic E-state index is -4.69. The maximum Gasteiger partial charge on any atom is 0.451 e. The van der Waals surface area contributed by atoms with Crippen LogP contribution in [-0.4, -0.2) is 56.4 Å². The number of alkyl halides is 3. The average molecular weight is 407 g/mol. The van der Waals surface area contributed by atoms with Crippen LogP contribution in [0.25, 0.3) is 0 Å². The normalized spacial score (nSPS) is 24.1. The molecule has 0 unspecified atom stereocenters. The summed E-state index contributed by atoms with van der Waals surface area (Å²) in [6.45, 7) is 4.70. The summed E-state index contributed by atoms with van der Waals surface area (Å²) in [5.74, 6) is -2.40. The number of halogens is 3. The highest BCUT2D eigenvalue weighted by molar-refractivity contribution is 5.90. The van der Waals surface area contributed by atoms with E-state index in [1.54, 1.807) is 5.10 Å². The minimum Gasteiger partial charge on any atom is -0.335 e. The number of benzene rings is 1. The fourth-order valence-electron chi connectivity index (χ4n) is 4.48. The van der Waals surface area contributed by atoms with Gasteiger partial charge in [-0.25, -0.2) is 0 Å². The number of aromatic nitrogens is 3. The van der Waals surface area contributed by atoms with Gasteiger partial charge in [0.05, 0.1) is 6.04 Å². The summed E-state index contributed by atoms with van der Waals surface area (Å²) >= 11 is 0. The van der Waals surface area contributed by atoms with Gasteiger partial charge in [-0.15, -0.1) is 5.10 Å². The predicted molar refractivity (Wildman–Crippen MR) is 95.6 cm³/mol. The zero-order valence-corrected chi connectivity index (χ0v) is 15.9. The van der Waals surface area contributed by atoms with E-state index >= 15 is 0 Å². The van der Waals surface area contributed by atoms with Crippen molar-refractivity contribution in [3.63, 3.8) is 0 Å². The molecule has 0 spiro atoms. The first-order chi connectivity index (χ1) is 13.7. The van der Waals surface area contributed by atoms with Crippen LogP contribution in [0.5, 0.6) is 0 Å². The molecule has 1 N–H and O–H groups in total. The number of carbonyl (C=O) groups is 2. The summed E-state index contributed by atoms with van der Waals surface area (Å²) in [5.41, 5.74) is 2.08. The van der Waals surface area contributed by atoms with Crippen molar-refractivity contribution in [3.8, 4) is 0 Å². The number of hydrogen-bond donors (Lipinski definition) is 1. The van der Waals surface area contributed by atoms with E-state index in [9.17, 15) is 22.8 Å². The van der Waals surface area contributed by atoms with Crippen LogP contribution in [0.15, 0.2) is 24.3 Å². The van der Waals surface area contributed by atoms with Crippen LogP contribution in [0, 0.1) is 18.8 Å². The maximum absolute atomic E-state index is 12.7. The first kappa shape index (κ1) is 19.4. The monoisotopic (exact) mass is 407 g/mol. The van der Waals surface area contributed by atoms with E-state index in [4.69, 9.17) is 0 Å². The van der Waals surface area contributed by atoms with Crippen molar-refractivity contribution >= 4 is 11.8 Å². The molecule has 0 radical (unpaired) electrons. The van der Waals surface area contributed by atoms with Gasteiger partial charge in [-0.2, -0.15) is 18.2 Å². The highest BCUT2D eigenvalue weighted by Crippen LogP contribution is 2.46. The standard InChI is InChI=1S/C19H20F3N5O2/c1-10-5-3-4-6-13(10)15-14-9-26(7-12(14)8-27(15)11(2)28)17(29)16-23-18(25-24-16)19(20,21)22/h3-6,12,14-15H,7-9H2,1-2H3,(H,23,24,25)/t12-,14-,15+/m1/s1. The number of aryl methyl sites for hydroxylation is 1. The van der Waals surface area contributed by atoms with E-state index in [2.05, 4.69) is 10.1 Å². The quantitative estimate of drug-likeness (QED) is 0.829. The van der Waals surface area contributed by atoms with Gasteiger partial charge >= 0.3 is 6.18 Å². The highest BCUT2D eigenvalue weighted by Gasteiger charge is 2.50. The molecule has 0 bridgehead atoms. The Morgan fingerprint density at radius 1 is 1.17 bits per heavy atom. The zero-order chi connectivity index (χ0) is 20.9. The summed E-state index contributed by atoms with van der Waals surface area (Å²) in [7, 11) is 0. The van der Waals surface area contributed by atoms with Crippen LogP contribution in [0.3, 0.4) is 0 Å². The van der Waals surface area contributed by atoms with Crippen molar-refractivity contribution in [1.29, 1.82) is 0 Å². The molecule has 1 aromatic heterocycles. The largest absolute Gasteiger partial charge is 0.451 e. The van der Waals surface area contributed by atoms with E-state index in [1.807, 2.05) is 36.1 Å². The number of nitrogens with one attached hydrogen (secondary N) is 1. The van der Waals surface area contributed by atoms with E-state index in [1.165, 1.54) is 11.8 Å². The molecule has 2 aliphatic heterocycles. The summed E-state index contributed by atoms with van der Waals surface area (Å²) in [6, 6.07) is 7.63. The van der Waals surface area contributed by atoms with Gasteiger partial charge in [0.1, 0.15) is 0 Å². The topological polar surface area (TPSA) is 82.2 Å². The minimum absolute atomic E-state index is 0.00461. The molecule has 3 heterocycles. The number of aromatic amines is 1. The van der Waals surface area contributed by atoms with Gasteiger partial charge in [0, 0.05) is 38.4 Å². The van der Waals surface area contributed by atoms with Crippen LogP contribution >= 0.6 is 0 Å². The number of likely N-dealkylation sites (tertiary alicyclic amines) is 2. The Balaban J connectivity index is 1.58. The summed E-state index contributed by atoms with van der Waals surface area (Å²) < 4.78 is 38.2. The Hall–Kier alpha value is -2.91. The molecule has 0 aliphatic carbocycles. The number of H-pyrrole nitrogens is 1. The van der Waals surface area contributed by atoms with Gasteiger partial charge in [0.25, 0.3) is 5.91 Å². The molecule has 2 fully saturated rings. The Kier molecular flexibility index (Phi) is 4.59. The van der Waals surface area contributed by atoms with Crippen LogP contribution in [-0.2, 0) is 11.0 Å². The summed E-state index contributed by atoms with van der Waals surface area (Å²) in [4.78, 5) is 31.5. The molecule has 10 heteroatoms. The molecule has 2 aliphatic rings. The summed E-state index contributed by atoms with van der Waals surface area (Å²) in [6.07, 6.45) is -4.69. The van der Waals surface area contributed by atoms with Crippen LogP contribution < -0.4 is 0 Å². The molecule has 2 amide bonds. The smallest absolute Gasteiger partial charge is 0.335 e. The third kappa shape index (κ3) is 3.36. The van der Waals surface area contributed by atoms with Crippen molar-refractivity contribution in [3.05, 3.63) is 47.0 Å². The van der Waals surface area contributed by atoms with E-state index < -0.39 is 23.7 Å². The Labute approximate surface area is 164 Å². The van der Waals surface area contributed by atoms with Crippen molar-refractivity contribution in [2.75, 3.05) is 19.6 Å². The number of carbonyl (C=O) groups excluding carboxylic acids is 2. The second kappa shape index (κ2) is 6.85. The van der Waals surface area contributed by atoms with Crippen LogP contribution in [0.1, 0.15) is 40.5 Å². The molecule has 7 nitrogen and oxygen atoms in total. The van der Waals surface area contributed by atoms with Crippen molar-refractivity contribution < 1.29 is 22.8 Å². The molecule has 154 valence electrons. The van der Waals surface area contributed by atoms with Crippen LogP contribution in [0.2, 0.25) is 0 Å². The third-order valence-corrected chi connectivity index (χ3v) is 5.81. The second-order valence-corrected chi connectivity index (χ2v) is 7.61. The SMILES string of the molecule is CC(=O)N1C[C@H]2CN(C(=O)c3n[nH]c(C(F)(F)F)n3)C[C@H]2[C@@H]1c1ccccc1C. The molecular weight excluding hydrogens is 387 g/mol. The lowest BCUT2D eigenvalue weighted by molar-refractivity contribution is -0.144. The lowest BCUT2D eigenvalue weighted by Gasteiger charge is -2.30. The Morgan fingerprint density at radius 3 is 2.52 bits per heavy atom. The first-order valence-corrected chi connectivity index (χ1v) is 9.28. The fraction of sp³-hybridized carbons (Fsp3) is 0.474. The lowest BCUT2D eigenvalue weighted by atomic mass is 9.87. The van der Waals surface area contributed by atoms with Gasteiger partial charge in [-0.1, -0.05) is 24.3 Å². The zero-order valence-electron chi connectivity index (χ0n) is 15.9. The van der Waals surface area contributed by atoms with Crippen molar-refractivity contribution in [2.24, 2.45) is 11.8 Å². The summed E-state index contributed by atoms with van der Waals surface area (Å²) in [5, 5.41) is 5.22. The average Bonchev–Trinajstić information content (AvgIpc) is 3.35. The fourth-order valence-corrected chi connectivity index (χ4v) is 4.48. The predicted octanol–water partition coefficient (Wildman–Crippen LogP) is 2.42. The van der Waals surface area contributed by atoms with Crippen molar-refractivity contribution in [2.45, 2.75) is 26.1 Å². The molecule has 3 atom stereocenters. The van der Waals surface area contributed by atoms with Gasteiger partial charge in [-0.05, 0) is 18.1 Å². The highest BCUT2D eigenvalue weighted by atomic mass is 19.4. The number of rotatable bonds is 2. The van der Waals surface area contributed by atoms with E-state index in [-0.39, 0.29) is 23.8 Å². The number of nitrogens with zero attached hydrogens (tertiary/aromatic N) is 4. The molecular formula is C19H20F3N5O2. The molecule has 4 rings (SSSR count). The molecule has 2 aromatic rings. The number of hydrogen-bond acceptors (Lipinski definition) is 4. The molecule has 1 aromatic carbocycles. The Morgan fingerprint density at radius 2 is 1.90 bits per heavy atom. The van der Waals surface area contributed by atoms with E-state index in [0.29, 0.717) is 19.6 Å².